The Morgan fingerprint density at radius 1 is 0.850 bits per heavy atom. The van der Waals surface area contributed by atoms with Gasteiger partial charge in [-0.15, -0.1) is 0 Å². The Balaban J connectivity index is 1.74. The van der Waals surface area contributed by atoms with Crippen molar-refractivity contribution in [3.63, 3.8) is 0 Å². The highest BCUT2D eigenvalue weighted by molar-refractivity contribution is 5.87. The van der Waals surface area contributed by atoms with Crippen molar-refractivity contribution < 1.29 is 9.59 Å². The summed E-state index contributed by atoms with van der Waals surface area (Å²) in [5, 5.41) is 3.27. The maximum atomic E-state index is 12.3. The molecular weight excluding hydrogens is 254 g/mol. The fourth-order valence-corrected chi connectivity index (χ4v) is 2.84. The SMILES string of the molecule is O=C1CN(Cc2ccccc2)CC(=O)N2CCCCN12. The first-order chi connectivity index (χ1) is 9.74. The molecule has 2 aliphatic rings. The summed E-state index contributed by atoms with van der Waals surface area (Å²) in [5.74, 6) is 0.0676. The Morgan fingerprint density at radius 3 is 1.95 bits per heavy atom. The molecule has 2 heterocycles. The molecule has 5 heteroatoms. The molecule has 0 spiro atoms. The highest BCUT2D eigenvalue weighted by Gasteiger charge is 2.33. The number of rotatable bonds is 2. The number of carbonyl (C=O) groups excluding carboxylic acids is 2. The summed E-state index contributed by atoms with van der Waals surface area (Å²) in [4.78, 5) is 26.5. The molecule has 5 nitrogen and oxygen atoms in total. The van der Waals surface area contributed by atoms with E-state index in [2.05, 4.69) is 0 Å². The lowest BCUT2D eigenvalue weighted by atomic mass is 10.2. The molecule has 0 aliphatic carbocycles. The van der Waals surface area contributed by atoms with Crippen molar-refractivity contribution in [2.24, 2.45) is 0 Å². The van der Waals surface area contributed by atoms with E-state index in [0.717, 1.165) is 18.4 Å². The molecule has 0 saturated carbocycles. The predicted octanol–water partition coefficient (Wildman–Crippen LogP) is 0.868. The van der Waals surface area contributed by atoms with E-state index in [-0.39, 0.29) is 11.8 Å². The van der Waals surface area contributed by atoms with Crippen LogP contribution in [0.1, 0.15) is 18.4 Å². The predicted molar refractivity (Wildman–Crippen MR) is 74.4 cm³/mol. The summed E-state index contributed by atoms with van der Waals surface area (Å²) in [6.07, 6.45) is 1.96. The molecule has 0 N–H and O–H groups in total. The van der Waals surface area contributed by atoms with Gasteiger partial charge in [0.1, 0.15) is 0 Å². The average molecular weight is 273 g/mol. The van der Waals surface area contributed by atoms with E-state index in [4.69, 9.17) is 0 Å². The van der Waals surface area contributed by atoms with Gasteiger partial charge in [-0.3, -0.25) is 24.5 Å². The van der Waals surface area contributed by atoms with Crippen LogP contribution in [0.25, 0.3) is 0 Å². The van der Waals surface area contributed by atoms with Gasteiger partial charge in [-0.2, -0.15) is 0 Å². The number of carbonyl (C=O) groups is 2. The molecule has 0 aromatic heterocycles. The zero-order chi connectivity index (χ0) is 13.9. The van der Waals surface area contributed by atoms with Crippen LogP contribution >= 0.6 is 0 Å². The molecule has 0 unspecified atom stereocenters. The lowest BCUT2D eigenvalue weighted by molar-refractivity contribution is -0.163. The second-order valence-electron chi connectivity index (χ2n) is 5.37. The van der Waals surface area contributed by atoms with Gasteiger partial charge >= 0.3 is 0 Å². The van der Waals surface area contributed by atoms with Crippen molar-refractivity contribution >= 4 is 11.8 Å². The van der Waals surface area contributed by atoms with E-state index in [9.17, 15) is 9.59 Å². The Hall–Kier alpha value is -1.88. The van der Waals surface area contributed by atoms with Crippen LogP contribution in [0.2, 0.25) is 0 Å². The van der Waals surface area contributed by atoms with Gasteiger partial charge in [0.15, 0.2) is 0 Å². The lowest BCUT2D eigenvalue weighted by Gasteiger charge is -2.36. The van der Waals surface area contributed by atoms with Crippen molar-refractivity contribution in [3.8, 4) is 0 Å². The second-order valence-corrected chi connectivity index (χ2v) is 5.37. The number of benzene rings is 1. The molecule has 0 atom stereocenters. The molecule has 2 amide bonds. The summed E-state index contributed by atoms with van der Waals surface area (Å²) in [7, 11) is 0. The number of hydrazine groups is 1. The molecule has 1 aromatic carbocycles. The summed E-state index contributed by atoms with van der Waals surface area (Å²) >= 11 is 0. The number of nitrogens with zero attached hydrogens (tertiary/aromatic N) is 3. The molecule has 106 valence electrons. The maximum absolute atomic E-state index is 12.3. The Kier molecular flexibility index (Phi) is 3.69. The molecule has 0 radical (unpaired) electrons. The Morgan fingerprint density at radius 2 is 1.40 bits per heavy atom. The van der Waals surface area contributed by atoms with Crippen molar-refractivity contribution in [2.75, 3.05) is 26.2 Å². The van der Waals surface area contributed by atoms with Gasteiger partial charge in [0.25, 0.3) is 11.8 Å². The van der Waals surface area contributed by atoms with Crippen molar-refractivity contribution in [2.45, 2.75) is 19.4 Å². The third-order valence-corrected chi connectivity index (χ3v) is 3.82. The minimum atomic E-state index is 0.0338. The zero-order valence-electron chi connectivity index (χ0n) is 11.5. The van der Waals surface area contributed by atoms with Gasteiger partial charge in [-0.1, -0.05) is 30.3 Å². The van der Waals surface area contributed by atoms with Crippen LogP contribution in [0.15, 0.2) is 30.3 Å². The first kappa shape index (κ1) is 13.1. The molecule has 2 saturated heterocycles. The molecule has 0 bridgehead atoms. The summed E-state index contributed by atoms with van der Waals surface area (Å²) < 4.78 is 0. The van der Waals surface area contributed by atoms with Crippen LogP contribution < -0.4 is 0 Å². The van der Waals surface area contributed by atoms with E-state index in [1.807, 2.05) is 35.2 Å². The van der Waals surface area contributed by atoms with Crippen LogP contribution in [0.3, 0.4) is 0 Å². The van der Waals surface area contributed by atoms with Gasteiger partial charge in [-0.25, -0.2) is 0 Å². The van der Waals surface area contributed by atoms with Crippen molar-refractivity contribution in [1.29, 1.82) is 0 Å². The maximum Gasteiger partial charge on any atom is 0.255 e. The van der Waals surface area contributed by atoms with E-state index >= 15 is 0 Å². The first-order valence-electron chi connectivity index (χ1n) is 7.11. The third-order valence-electron chi connectivity index (χ3n) is 3.82. The third kappa shape index (κ3) is 2.67. The molecular formula is C15H19N3O2. The number of hydrogen-bond acceptors (Lipinski definition) is 3. The molecule has 1 aromatic rings. The lowest BCUT2D eigenvalue weighted by Crippen LogP contribution is -2.52. The largest absolute Gasteiger partial charge is 0.281 e. The molecule has 2 aliphatic heterocycles. The second kappa shape index (κ2) is 5.63. The Bertz CT molecular complexity index is 477. The van der Waals surface area contributed by atoms with Gasteiger partial charge < -0.3 is 0 Å². The van der Waals surface area contributed by atoms with E-state index in [1.54, 1.807) is 10.0 Å². The quantitative estimate of drug-likeness (QED) is 0.803. The van der Waals surface area contributed by atoms with Gasteiger partial charge in [0.2, 0.25) is 0 Å². The van der Waals surface area contributed by atoms with E-state index < -0.39 is 0 Å². The number of fused-ring (bicyclic) bond motifs is 1. The van der Waals surface area contributed by atoms with Gasteiger partial charge in [0, 0.05) is 19.6 Å². The first-order valence-corrected chi connectivity index (χ1v) is 7.11. The van der Waals surface area contributed by atoms with E-state index in [0.29, 0.717) is 32.7 Å². The highest BCUT2D eigenvalue weighted by Crippen LogP contribution is 2.16. The smallest absolute Gasteiger partial charge is 0.255 e. The summed E-state index contributed by atoms with van der Waals surface area (Å²) in [6.45, 7) is 2.61. The number of amides is 2. The summed E-state index contributed by atoms with van der Waals surface area (Å²) in [5.41, 5.74) is 1.13. The topological polar surface area (TPSA) is 43.9 Å². The molecule has 3 rings (SSSR count). The highest BCUT2D eigenvalue weighted by atomic mass is 16.2. The van der Waals surface area contributed by atoms with E-state index in [1.165, 1.54) is 0 Å². The zero-order valence-corrected chi connectivity index (χ0v) is 11.5. The van der Waals surface area contributed by atoms with Crippen LogP contribution in [0.5, 0.6) is 0 Å². The average Bonchev–Trinajstić information content (AvgIpc) is 2.58. The minimum Gasteiger partial charge on any atom is -0.281 e. The van der Waals surface area contributed by atoms with Crippen LogP contribution in [-0.4, -0.2) is 52.9 Å². The van der Waals surface area contributed by atoms with Crippen LogP contribution in [-0.2, 0) is 16.1 Å². The normalized spacial score (nSPS) is 20.8. The van der Waals surface area contributed by atoms with Crippen LogP contribution in [0.4, 0.5) is 0 Å². The summed E-state index contributed by atoms with van der Waals surface area (Å²) in [6, 6.07) is 9.96. The van der Waals surface area contributed by atoms with Gasteiger partial charge in [-0.05, 0) is 18.4 Å². The minimum absolute atomic E-state index is 0.0338. The number of hydrogen-bond donors (Lipinski definition) is 0. The van der Waals surface area contributed by atoms with Crippen molar-refractivity contribution in [1.82, 2.24) is 14.9 Å². The van der Waals surface area contributed by atoms with Crippen LogP contribution in [0, 0.1) is 0 Å². The van der Waals surface area contributed by atoms with Gasteiger partial charge in [0.05, 0.1) is 13.1 Å². The fourth-order valence-electron chi connectivity index (χ4n) is 2.84. The molecule has 20 heavy (non-hydrogen) atoms. The Labute approximate surface area is 118 Å². The van der Waals surface area contributed by atoms with Crippen molar-refractivity contribution in [3.05, 3.63) is 35.9 Å². The standard InChI is InChI=1S/C15H19N3O2/c19-14-11-16(10-13-6-2-1-3-7-13)12-15(20)18-9-5-4-8-17(14)18/h1-3,6-7H,4-5,8-12H2. The molecule has 2 fully saturated rings. The monoisotopic (exact) mass is 273 g/mol. The fraction of sp³-hybridized carbons (Fsp3) is 0.467.